The van der Waals surface area contributed by atoms with E-state index < -0.39 is 17.5 Å². The van der Waals surface area contributed by atoms with Crippen molar-refractivity contribution in [2.24, 2.45) is 0 Å². The van der Waals surface area contributed by atoms with Crippen LogP contribution in [0, 0.1) is 23.2 Å². The number of esters is 1. The Morgan fingerprint density at radius 3 is 2.56 bits per heavy atom. The summed E-state index contributed by atoms with van der Waals surface area (Å²) in [6.07, 6.45) is 0. The van der Waals surface area contributed by atoms with Gasteiger partial charge in [-0.05, 0) is 6.92 Å². The van der Waals surface area contributed by atoms with Crippen molar-refractivity contribution in [1.29, 1.82) is 0 Å². The average molecular weight is 351 g/mol. The number of carbonyl (C=O) groups excluding carboxylic acids is 1. The van der Waals surface area contributed by atoms with E-state index in [2.05, 4.69) is 0 Å². The molecule has 0 N–H and O–H groups in total. The van der Waals surface area contributed by atoms with E-state index in [1.807, 2.05) is 0 Å². The van der Waals surface area contributed by atoms with Gasteiger partial charge < -0.3 is 24.8 Å². The number of carbonyl (C=O) groups is 1. The largest absolute Gasteiger partial charge is 0.618 e. The van der Waals surface area contributed by atoms with E-state index in [-0.39, 0.29) is 33.8 Å². The number of fused-ring (bicyclic) bond motifs is 1. The molecule has 0 bridgehead atoms. The van der Waals surface area contributed by atoms with Crippen LogP contribution in [-0.2, 0) is 9.47 Å². The SMILES string of the molecule is CCOC(=O)c1c(C)[n+]([O-])c2cc(N3CCOCC3)c(F)cc2[n+]1[O-]. The lowest BCUT2D eigenvalue weighted by Gasteiger charge is -2.28. The number of halogens is 1. The van der Waals surface area contributed by atoms with Crippen LogP contribution in [0.5, 0.6) is 0 Å². The molecule has 1 aliphatic rings. The third kappa shape index (κ3) is 2.91. The number of nitrogens with zero attached hydrogens (tertiary/aromatic N) is 3. The van der Waals surface area contributed by atoms with Crippen LogP contribution >= 0.6 is 0 Å². The standard InChI is InChI=1S/C16H18FN3O5/c1-3-25-16(21)15-10(2)19(22)14-9-12(18-4-6-24-7-5-18)11(17)8-13(14)20(15)23/h8-9H,3-7H2,1-2H3. The van der Waals surface area contributed by atoms with Gasteiger partial charge >= 0.3 is 11.7 Å². The van der Waals surface area contributed by atoms with Crippen molar-refractivity contribution in [3.05, 3.63) is 39.8 Å². The van der Waals surface area contributed by atoms with E-state index in [9.17, 15) is 19.6 Å². The molecule has 1 fully saturated rings. The lowest BCUT2D eigenvalue weighted by atomic mass is 10.2. The maximum atomic E-state index is 14.5. The van der Waals surface area contributed by atoms with Crippen LogP contribution in [0.3, 0.4) is 0 Å². The highest BCUT2D eigenvalue weighted by molar-refractivity contribution is 5.87. The molecule has 1 aromatic heterocycles. The van der Waals surface area contributed by atoms with Crippen molar-refractivity contribution in [2.75, 3.05) is 37.8 Å². The minimum absolute atomic E-state index is 0.0107. The molecule has 0 amide bonds. The molecule has 0 saturated carbocycles. The summed E-state index contributed by atoms with van der Waals surface area (Å²) in [5.74, 6) is -1.56. The fraction of sp³-hybridized carbons (Fsp3) is 0.438. The van der Waals surface area contributed by atoms with Crippen LogP contribution < -0.4 is 14.4 Å². The number of hydrogen-bond acceptors (Lipinski definition) is 6. The third-order valence-corrected chi connectivity index (χ3v) is 4.15. The Morgan fingerprint density at radius 1 is 1.28 bits per heavy atom. The van der Waals surface area contributed by atoms with Gasteiger partial charge in [-0.2, -0.15) is 4.73 Å². The summed E-state index contributed by atoms with van der Waals surface area (Å²) in [7, 11) is 0. The molecule has 9 heteroatoms. The van der Waals surface area contributed by atoms with Crippen molar-refractivity contribution < 1.29 is 28.1 Å². The molecule has 3 rings (SSSR count). The summed E-state index contributed by atoms with van der Waals surface area (Å²) < 4.78 is 25.3. The number of rotatable bonds is 3. The number of ether oxygens (including phenoxy) is 2. The Morgan fingerprint density at radius 2 is 1.92 bits per heavy atom. The molecule has 25 heavy (non-hydrogen) atoms. The first-order valence-corrected chi connectivity index (χ1v) is 7.94. The Bertz CT molecular complexity index is 837. The van der Waals surface area contributed by atoms with Gasteiger partial charge in [0.25, 0.3) is 16.7 Å². The fourth-order valence-corrected chi connectivity index (χ4v) is 2.89. The van der Waals surface area contributed by atoms with Crippen LogP contribution in [-0.4, -0.2) is 38.9 Å². The van der Waals surface area contributed by atoms with Gasteiger partial charge in [-0.1, -0.05) is 0 Å². The predicted molar refractivity (Wildman–Crippen MR) is 85.6 cm³/mol. The van der Waals surface area contributed by atoms with Crippen molar-refractivity contribution in [2.45, 2.75) is 13.8 Å². The van der Waals surface area contributed by atoms with Crippen LogP contribution in [0.1, 0.15) is 23.1 Å². The van der Waals surface area contributed by atoms with E-state index in [1.165, 1.54) is 13.0 Å². The Labute approximate surface area is 143 Å². The highest BCUT2D eigenvalue weighted by Gasteiger charge is 2.33. The summed E-state index contributed by atoms with van der Waals surface area (Å²) in [6, 6.07) is 2.31. The summed E-state index contributed by atoms with van der Waals surface area (Å²) in [5, 5.41) is 25.1. The first-order chi connectivity index (χ1) is 12.0. The summed E-state index contributed by atoms with van der Waals surface area (Å²) in [5.41, 5.74) is -0.548. The molecule has 134 valence electrons. The fourth-order valence-electron chi connectivity index (χ4n) is 2.89. The van der Waals surface area contributed by atoms with Crippen molar-refractivity contribution in [1.82, 2.24) is 0 Å². The van der Waals surface area contributed by atoms with Crippen LogP contribution in [0.15, 0.2) is 12.1 Å². The van der Waals surface area contributed by atoms with Gasteiger partial charge in [0.2, 0.25) is 0 Å². The zero-order chi connectivity index (χ0) is 18.1. The van der Waals surface area contributed by atoms with E-state index in [0.29, 0.717) is 31.0 Å². The predicted octanol–water partition coefficient (Wildman–Crippen LogP) is 0.567. The molecule has 1 aromatic carbocycles. The van der Waals surface area contributed by atoms with Crippen LogP contribution in [0.4, 0.5) is 10.1 Å². The quantitative estimate of drug-likeness (QED) is 0.456. The van der Waals surface area contributed by atoms with E-state index in [1.54, 1.807) is 11.8 Å². The van der Waals surface area contributed by atoms with Gasteiger partial charge in [0, 0.05) is 26.1 Å². The maximum Gasteiger partial charge on any atom is 0.412 e. The topological polar surface area (TPSA) is 92.6 Å². The zero-order valence-electron chi connectivity index (χ0n) is 14.0. The Balaban J connectivity index is 2.19. The van der Waals surface area contributed by atoms with Crippen molar-refractivity contribution in [3.63, 3.8) is 0 Å². The number of aromatic nitrogens is 2. The first-order valence-electron chi connectivity index (χ1n) is 7.94. The number of hydrogen-bond donors (Lipinski definition) is 0. The summed E-state index contributed by atoms with van der Waals surface area (Å²) in [6.45, 7) is 4.87. The maximum absolute atomic E-state index is 14.5. The minimum Gasteiger partial charge on any atom is -0.618 e. The average Bonchev–Trinajstić information content (AvgIpc) is 2.61. The molecular weight excluding hydrogens is 333 g/mol. The highest BCUT2D eigenvalue weighted by Crippen LogP contribution is 2.24. The van der Waals surface area contributed by atoms with Crippen LogP contribution in [0.2, 0.25) is 0 Å². The van der Waals surface area contributed by atoms with Crippen molar-refractivity contribution in [3.8, 4) is 0 Å². The second kappa shape index (κ2) is 6.67. The number of benzene rings is 1. The molecule has 8 nitrogen and oxygen atoms in total. The molecule has 1 aliphatic heterocycles. The van der Waals surface area contributed by atoms with Gasteiger partial charge in [0.15, 0.2) is 5.82 Å². The van der Waals surface area contributed by atoms with Crippen LogP contribution in [0.25, 0.3) is 11.0 Å². The Hall–Kier alpha value is -2.68. The number of anilines is 1. The third-order valence-electron chi connectivity index (χ3n) is 4.15. The van der Waals surface area contributed by atoms with Gasteiger partial charge in [-0.3, -0.25) is 0 Å². The Kier molecular flexibility index (Phi) is 4.58. The normalized spacial score (nSPS) is 14.8. The van der Waals surface area contributed by atoms with Gasteiger partial charge in [0.05, 0.1) is 31.6 Å². The second-order valence-corrected chi connectivity index (χ2v) is 5.63. The van der Waals surface area contributed by atoms with Gasteiger partial charge in [-0.25, -0.2) is 9.18 Å². The van der Waals surface area contributed by atoms with Crippen molar-refractivity contribution >= 4 is 22.7 Å². The highest BCUT2D eigenvalue weighted by atomic mass is 19.1. The van der Waals surface area contributed by atoms with Gasteiger partial charge in [-0.15, -0.1) is 4.73 Å². The molecular formula is C16H18FN3O5. The smallest absolute Gasteiger partial charge is 0.412 e. The van der Waals surface area contributed by atoms with E-state index in [0.717, 1.165) is 6.07 Å². The number of morpholine rings is 1. The molecule has 0 unspecified atom stereocenters. The molecule has 0 atom stereocenters. The lowest BCUT2D eigenvalue weighted by Crippen LogP contribution is -2.47. The minimum atomic E-state index is -0.917. The summed E-state index contributed by atoms with van der Waals surface area (Å²) in [4.78, 5) is 13.7. The van der Waals surface area contributed by atoms with E-state index in [4.69, 9.17) is 9.47 Å². The summed E-state index contributed by atoms with van der Waals surface area (Å²) >= 11 is 0. The molecule has 0 aliphatic carbocycles. The first kappa shape index (κ1) is 17.2. The molecule has 2 heterocycles. The molecule has 0 spiro atoms. The monoisotopic (exact) mass is 351 g/mol. The van der Waals surface area contributed by atoms with E-state index >= 15 is 0 Å². The molecule has 1 saturated heterocycles. The second-order valence-electron chi connectivity index (χ2n) is 5.63. The molecule has 2 aromatic rings. The van der Waals surface area contributed by atoms with Gasteiger partial charge in [0.1, 0.15) is 0 Å². The zero-order valence-corrected chi connectivity index (χ0v) is 14.0. The lowest BCUT2D eigenvalue weighted by molar-refractivity contribution is -0.635. The molecule has 0 radical (unpaired) electrons.